The third-order valence-electron chi connectivity index (χ3n) is 5.99. The number of nitrogens with zero attached hydrogens (tertiary/aromatic N) is 2. The normalized spacial score (nSPS) is 22.7. The molecule has 0 saturated carbocycles. The van der Waals surface area contributed by atoms with Crippen molar-refractivity contribution in [1.82, 2.24) is 10.2 Å². The van der Waals surface area contributed by atoms with Crippen molar-refractivity contribution < 1.29 is 19.1 Å². The van der Waals surface area contributed by atoms with Gasteiger partial charge in [-0.1, -0.05) is 6.92 Å². The summed E-state index contributed by atoms with van der Waals surface area (Å²) in [6, 6.07) is 5.45. The summed E-state index contributed by atoms with van der Waals surface area (Å²) in [7, 11) is 0. The fourth-order valence-electron chi connectivity index (χ4n) is 4.13. The molecule has 1 atom stereocenters. The van der Waals surface area contributed by atoms with Gasteiger partial charge in [0.15, 0.2) is 11.5 Å². The molecule has 3 aliphatic heterocycles. The molecule has 0 aliphatic carbocycles. The Balaban J connectivity index is 1.23. The van der Waals surface area contributed by atoms with Crippen molar-refractivity contribution in [2.75, 3.05) is 44.4 Å². The molecule has 2 fully saturated rings. The van der Waals surface area contributed by atoms with E-state index in [1.807, 2.05) is 6.07 Å². The molecule has 28 heavy (non-hydrogen) atoms. The lowest BCUT2D eigenvalue weighted by Gasteiger charge is -2.30. The van der Waals surface area contributed by atoms with E-state index in [-0.39, 0.29) is 30.9 Å². The number of fused-ring (bicyclic) bond motifs is 1. The first kappa shape index (κ1) is 19.1. The third-order valence-corrected chi connectivity index (χ3v) is 5.99. The van der Waals surface area contributed by atoms with Crippen molar-refractivity contribution >= 4 is 17.5 Å². The van der Waals surface area contributed by atoms with E-state index in [1.54, 1.807) is 17.0 Å². The zero-order chi connectivity index (χ0) is 19.5. The molecule has 1 N–H and O–H groups in total. The number of benzene rings is 1. The van der Waals surface area contributed by atoms with Gasteiger partial charge in [0.1, 0.15) is 0 Å². The molecule has 0 unspecified atom stereocenters. The van der Waals surface area contributed by atoms with Crippen LogP contribution in [0.25, 0.3) is 0 Å². The van der Waals surface area contributed by atoms with Crippen LogP contribution in [0, 0.1) is 11.8 Å². The summed E-state index contributed by atoms with van der Waals surface area (Å²) in [5, 5.41) is 3.02. The number of likely N-dealkylation sites (tertiary alicyclic amines) is 1. The summed E-state index contributed by atoms with van der Waals surface area (Å²) < 4.78 is 10.7. The molecular weight excluding hydrogens is 358 g/mol. The van der Waals surface area contributed by atoms with Crippen LogP contribution in [0.15, 0.2) is 18.2 Å². The van der Waals surface area contributed by atoms with Crippen LogP contribution < -0.4 is 19.7 Å². The minimum Gasteiger partial charge on any atom is -0.454 e. The molecular formula is C21H29N3O4. The van der Waals surface area contributed by atoms with Gasteiger partial charge in [-0.3, -0.25) is 9.59 Å². The fraction of sp³-hybridized carbons (Fsp3) is 0.619. The van der Waals surface area contributed by atoms with Crippen LogP contribution >= 0.6 is 0 Å². The molecule has 2 saturated heterocycles. The summed E-state index contributed by atoms with van der Waals surface area (Å²) in [5.74, 6) is 1.82. The van der Waals surface area contributed by atoms with Crippen LogP contribution in [0.5, 0.6) is 11.5 Å². The number of hydrogen-bond acceptors (Lipinski definition) is 5. The Labute approximate surface area is 166 Å². The third kappa shape index (κ3) is 4.24. The van der Waals surface area contributed by atoms with Crippen LogP contribution in [0.4, 0.5) is 5.69 Å². The topological polar surface area (TPSA) is 71.1 Å². The maximum Gasteiger partial charge on any atom is 0.231 e. The standard InChI is InChI=1S/C21H29N3O4/c1-15-5-9-23(10-6-15)8-2-7-22-21(26)16-11-20(25)24(13-16)17-3-4-18-19(12-17)28-14-27-18/h3-4,12,15-16H,2,5-11,13-14H2,1H3,(H,22,26)/t16-/m0/s1. The lowest BCUT2D eigenvalue weighted by Crippen LogP contribution is -2.37. The second-order valence-corrected chi connectivity index (χ2v) is 8.11. The fourth-order valence-corrected chi connectivity index (χ4v) is 4.13. The maximum atomic E-state index is 12.5. The van der Waals surface area contributed by atoms with Gasteiger partial charge in [0.05, 0.1) is 5.92 Å². The molecule has 3 heterocycles. The lowest BCUT2D eigenvalue weighted by molar-refractivity contribution is -0.126. The predicted molar refractivity (Wildman–Crippen MR) is 105 cm³/mol. The number of carbonyl (C=O) groups is 2. The van der Waals surface area contributed by atoms with Gasteiger partial charge in [-0.05, 0) is 56.9 Å². The van der Waals surface area contributed by atoms with Gasteiger partial charge >= 0.3 is 0 Å². The highest BCUT2D eigenvalue weighted by Crippen LogP contribution is 2.37. The molecule has 152 valence electrons. The summed E-state index contributed by atoms with van der Waals surface area (Å²) >= 11 is 0. The molecule has 0 spiro atoms. The van der Waals surface area contributed by atoms with Gasteiger partial charge in [-0.2, -0.15) is 0 Å². The van der Waals surface area contributed by atoms with E-state index in [4.69, 9.17) is 9.47 Å². The van der Waals surface area contributed by atoms with E-state index in [0.717, 1.165) is 37.7 Å². The van der Waals surface area contributed by atoms with Crippen LogP contribution in [0.2, 0.25) is 0 Å². The molecule has 1 aromatic carbocycles. The average Bonchev–Trinajstić information content (AvgIpc) is 3.32. The van der Waals surface area contributed by atoms with E-state index in [1.165, 1.54) is 12.8 Å². The van der Waals surface area contributed by atoms with E-state index in [2.05, 4.69) is 17.1 Å². The summed E-state index contributed by atoms with van der Waals surface area (Å²) in [6.07, 6.45) is 3.75. The SMILES string of the molecule is CC1CCN(CCCNC(=O)[C@H]2CC(=O)N(c3ccc4c(c3)OCO4)C2)CC1. The number of nitrogens with one attached hydrogen (secondary N) is 1. The van der Waals surface area contributed by atoms with Gasteiger partial charge < -0.3 is 24.6 Å². The van der Waals surface area contributed by atoms with Crippen LogP contribution in [-0.4, -0.2) is 56.2 Å². The van der Waals surface area contributed by atoms with Gasteiger partial charge in [-0.15, -0.1) is 0 Å². The summed E-state index contributed by atoms with van der Waals surface area (Å²) in [5.41, 5.74) is 0.754. The van der Waals surface area contributed by atoms with Gasteiger partial charge in [0, 0.05) is 31.3 Å². The first-order chi connectivity index (χ1) is 13.6. The highest BCUT2D eigenvalue weighted by atomic mass is 16.7. The number of ether oxygens (including phenoxy) is 2. The first-order valence-electron chi connectivity index (χ1n) is 10.3. The molecule has 2 amide bonds. The molecule has 1 aromatic rings. The number of hydrogen-bond donors (Lipinski definition) is 1. The summed E-state index contributed by atoms with van der Waals surface area (Å²) in [4.78, 5) is 29.1. The number of amides is 2. The lowest BCUT2D eigenvalue weighted by atomic mass is 9.99. The Morgan fingerprint density at radius 1 is 1.21 bits per heavy atom. The van der Waals surface area contributed by atoms with Crippen molar-refractivity contribution in [3.8, 4) is 11.5 Å². The van der Waals surface area contributed by atoms with E-state index in [0.29, 0.717) is 24.6 Å². The molecule has 4 rings (SSSR count). The van der Waals surface area contributed by atoms with Gasteiger partial charge in [0.2, 0.25) is 18.6 Å². The van der Waals surface area contributed by atoms with Crippen molar-refractivity contribution in [2.24, 2.45) is 11.8 Å². The molecule has 0 bridgehead atoms. The van der Waals surface area contributed by atoms with Crippen molar-refractivity contribution in [1.29, 1.82) is 0 Å². The molecule has 7 heteroatoms. The Morgan fingerprint density at radius 2 is 2.00 bits per heavy atom. The van der Waals surface area contributed by atoms with Crippen molar-refractivity contribution in [2.45, 2.75) is 32.6 Å². The first-order valence-corrected chi connectivity index (χ1v) is 10.3. The second kappa shape index (κ2) is 8.39. The van der Waals surface area contributed by atoms with Gasteiger partial charge in [0.25, 0.3) is 0 Å². The second-order valence-electron chi connectivity index (χ2n) is 8.11. The van der Waals surface area contributed by atoms with Crippen LogP contribution in [-0.2, 0) is 9.59 Å². The zero-order valence-corrected chi connectivity index (χ0v) is 16.5. The Morgan fingerprint density at radius 3 is 2.82 bits per heavy atom. The Hall–Kier alpha value is -2.28. The van der Waals surface area contributed by atoms with Crippen molar-refractivity contribution in [3.05, 3.63) is 18.2 Å². The van der Waals surface area contributed by atoms with Crippen LogP contribution in [0.3, 0.4) is 0 Å². The van der Waals surface area contributed by atoms with E-state index in [9.17, 15) is 9.59 Å². The highest BCUT2D eigenvalue weighted by molar-refractivity contribution is 6.00. The summed E-state index contributed by atoms with van der Waals surface area (Å²) in [6.45, 7) is 6.95. The quantitative estimate of drug-likeness (QED) is 0.756. The largest absolute Gasteiger partial charge is 0.454 e. The minimum atomic E-state index is -0.297. The molecule has 3 aliphatic rings. The number of carbonyl (C=O) groups excluding carboxylic acids is 2. The molecule has 0 aromatic heterocycles. The molecule has 0 radical (unpaired) electrons. The van der Waals surface area contributed by atoms with E-state index >= 15 is 0 Å². The smallest absolute Gasteiger partial charge is 0.231 e. The number of piperidine rings is 1. The zero-order valence-electron chi connectivity index (χ0n) is 16.5. The van der Waals surface area contributed by atoms with Gasteiger partial charge in [-0.25, -0.2) is 0 Å². The molecule has 7 nitrogen and oxygen atoms in total. The highest BCUT2D eigenvalue weighted by Gasteiger charge is 2.35. The minimum absolute atomic E-state index is 0.0242. The number of anilines is 1. The number of rotatable bonds is 6. The maximum absolute atomic E-state index is 12.5. The van der Waals surface area contributed by atoms with Crippen LogP contribution in [0.1, 0.15) is 32.6 Å². The van der Waals surface area contributed by atoms with E-state index < -0.39 is 0 Å². The predicted octanol–water partition coefficient (Wildman–Crippen LogP) is 2.01. The average molecular weight is 387 g/mol. The Bertz CT molecular complexity index is 730. The Kier molecular flexibility index (Phi) is 5.71. The monoisotopic (exact) mass is 387 g/mol. The van der Waals surface area contributed by atoms with Crippen molar-refractivity contribution in [3.63, 3.8) is 0 Å².